The number of likely N-dealkylation sites (tertiary alicyclic amines) is 1. The predicted octanol–water partition coefficient (Wildman–Crippen LogP) is 2.69. The number of Topliss-reactive ketones (excluding diaryl/α,β-unsaturated/α-hetero) is 1. The molecule has 1 atom stereocenters. The summed E-state index contributed by atoms with van der Waals surface area (Å²) in [6.45, 7) is -0.210. The van der Waals surface area contributed by atoms with E-state index in [9.17, 15) is 14.7 Å². The van der Waals surface area contributed by atoms with Gasteiger partial charge < -0.3 is 10.0 Å². The third-order valence-electron chi connectivity index (χ3n) is 3.64. The number of amides is 1. The van der Waals surface area contributed by atoms with Gasteiger partial charge in [-0.2, -0.15) is 5.26 Å². The summed E-state index contributed by atoms with van der Waals surface area (Å²) in [7, 11) is 0. The van der Waals surface area contributed by atoms with Crippen molar-refractivity contribution in [3.05, 3.63) is 63.9 Å². The van der Waals surface area contributed by atoms with Crippen LogP contribution in [0.15, 0.2) is 53.4 Å². The van der Waals surface area contributed by atoms with Crippen LogP contribution in [0.5, 0.6) is 0 Å². The van der Waals surface area contributed by atoms with Gasteiger partial charge in [-0.05, 0) is 11.4 Å². The van der Waals surface area contributed by atoms with E-state index < -0.39 is 17.7 Å². The zero-order chi connectivity index (χ0) is 16.4. The Morgan fingerprint density at radius 2 is 1.96 bits per heavy atom. The molecular formula is C17H12N2O3S. The lowest BCUT2D eigenvalue weighted by molar-refractivity contribution is -0.139. The van der Waals surface area contributed by atoms with E-state index in [2.05, 4.69) is 0 Å². The third-order valence-corrected chi connectivity index (χ3v) is 4.57. The molecule has 6 heteroatoms. The number of nitrogens with zero attached hydrogens (tertiary/aromatic N) is 2. The Morgan fingerprint density at radius 3 is 2.57 bits per heavy atom. The minimum absolute atomic E-state index is 0.0268. The standard InChI is InChI=1S/C17H12N2O3S/c18-8-9-19-14(12-7-4-10-23-12)13(16(21)17(19)22)15(20)11-5-2-1-3-6-11/h1-7,10,14,20H,9H2. The Morgan fingerprint density at radius 1 is 1.22 bits per heavy atom. The summed E-state index contributed by atoms with van der Waals surface area (Å²) in [5.41, 5.74) is 0.489. The molecule has 114 valence electrons. The van der Waals surface area contributed by atoms with Crippen molar-refractivity contribution in [2.24, 2.45) is 0 Å². The molecule has 1 aliphatic rings. The normalized spacial score (nSPS) is 19.8. The van der Waals surface area contributed by atoms with Crippen molar-refractivity contribution in [1.29, 1.82) is 5.26 Å². The highest BCUT2D eigenvalue weighted by Gasteiger charge is 2.46. The summed E-state index contributed by atoms with van der Waals surface area (Å²) in [5, 5.41) is 21.3. The summed E-state index contributed by atoms with van der Waals surface area (Å²) in [6, 6.07) is 13.4. The molecule has 0 bridgehead atoms. The van der Waals surface area contributed by atoms with E-state index in [-0.39, 0.29) is 17.9 Å². The van der Waals surface area contributed by atoms with Crippen LogP contribution in [0, 0.1) is 11.3 Å². The smallest absolute Gasteiger partial charge is 0.296 e. The van der Waals surface area contributed by atoms with Gasteiger partial charge in [0.1, 0.15) is 18.3 Å². The number of hydrogen-bond acceptors (Lipinski definition) is 5. The van der Waals surface area contributed by atoms with Crippen LogP contribution in [0.4, 0.5) is 0 Å². The van der Waals surface area contributed by atoms with Crippen LogP contribution < -0.4 is 0 Å². The topological polar surface area (TPSA) is 81.4 Å². The molecule has 0 aliphatic carbocycles. The molecule has 0 spiro atoms. The second-order valence-corrected chi connectivity index (χ2v) is 5.95. The number of ketones is 1. The maximum atomic E-state index is 12.4. The SMILES string of the molecule is N#CCN1C(=O)C(=O)C(=C(O)c2ccccc2)C1c1cccs1. The maximum absolute atomic E-state index is 12.4. The van der Waals surface area contributed by atoms with Crippen LogP contribution in [-0.4, -0.2) is 28.2 Å². The van der Waals surface area contributed by atoms with Gasteiger partial charge in [-0.1, -0.05) is 36.4 Å². The van der Waals surface area contributed by atoms with Gasteiger partial charge in [0.2, 0.25) is 0 Å². The molecule has 1 saturated heterocycles. The van der Waals surface area contributed by atoms with Crippen molar-refractivity contribution in [2.45, 2.75) is 6.04 Å². The number of benzene rings is 1. The minimum Gasteiger partial charge on any atom is -0.507 e. The molecule has 1 fully saturated rings. The molecule has 2 heterocycles. The zero-order valence-electron chi connectivity index (χ0n) is 12.0. The van der Waals surface area contributed by atoms with Crippen molar-refractivity contribution in [2.75, 3.05) is 6.54 Å². The lowest BCUT2D eigenvalue weighted by atomic mass is 10.00. The molecule has 1 aromatic heterocycles. The first-order chi connectivity index (χ1) is 11.1. The highest BCUT2D eigenvalue weighted by molar-refractivity contribution is 7.10. The Balaban J connectivity index is 2.19. The van der Waals surface area contributed by atoms with Crippen molar-refractivity contribution < 1.29 is 14.7 Å². The number of rotatable bonds is 3. The Kier molecular flexibility index (Phi) is 3.96. The lowest BCUT2D eigenvalue weighted by Gasteiger charge is -2.21. The van der Waals surface area contributed by atoms with Crippen LogP contribution in [0.25, 0.3) is 5.76 Å². The highest BCUT2D eigenvalue weighted by Crippen LogP contribution is 2.40. The molecular weight excluding hydrogens is 312 g/mol. The number of aliphatic hydroxyl groups is 1. The number of aliphatic hydroxyl groups excluding tert-OH is 1. The van der Waals surface area contributed by atoms with Crippen LogP contribution in [-0.2, 0) is 9.59 Å². The molecule has 3 rings (SSSR count). The van der Waals surface area contributed by atoms with E-state index in [4.69, 9.17) is 5.26 Å². The molecule has 1 aliphatic heterocycles. The lowest BCUT2D eigenvalue weighted by Crippen LogP contribution is -2.29. The van der Waals surface area contributed by atoms with Crippen LogP contribution in [0.1, 0.15) is 16.5 Å². The molecule has 1 unspecified atom stereocenters. The molecule has 1 aromatic carbocycles. The van der Waals surface area contributed by atoms with Gasteiger partial charge in [0.05, 0.1) is 11.6 Å². The molecule has 0 radical (unpaired) electrons. The fourth-order valence-electron chi connectivity index (χ4n) is 2.61. The van der Waals surface area contributed by atoms with Crippen molar-refractivity contribution in [3.8, 4) is 6.07 Å². The molecule has 1 N–H and O–H groups in total. The van der Waals surface area contributed by atoms with Crippen molar-refractivity contribution in [3.63, 3.8) is 0 Å². The summed E-state index contributed by atoms with van der Waals surface area (Å²) in [5.74, 6) is -1.75. The van der Waals surface area contributed by atoms with E-state index in [0.29, 0.717) is 5.56 Å². The first-order valence-corrected chi connectivity index (χ1v) is 7.77. The first kappa shape index (κ1) is 15.0. The second kappa shape index (κ2) is 6.07. The van der Waals surface area contributed by atoms with E-state index in [1.54, 1.807) is 42.5 Å². The number of thiophene rings is 1. The average molecular weight is 324 g/mol. The van der Waals surface area contributed by atoms with Crippen LogP contribution in [0.3, 0.4) is 0 Å². The van der Waals surface area contributed by atoms with Crippen LogP contribution >= 0.6 is 11.3 Å². The van der Waals surface area contributed by atoms with Gasteiger partial charge >= 0.3 is 0 Å². The van der Waals surface area contributed by atoms with E-state index in [1.165, 1.54) is 16.2 Å². The monoisotopic (exact) mass is 324 g/mol. The van der Waals surface area contributed by atoms with Gasteiger partial charge in [-0.25, -0.2) is 0 Å². The van der Waals surface area contributed by atoms with E-state index in [1.807, 2.05) is 11.4 Å². The van der Waals surface area contributed by atoms with Crippen molar-refractivity contribution >= 4 is 28.8 Å². The summed E-state index contributed by atoms with van der Waals surface area (Å²) >= 11 is 1.37. The Labute approximate surface area is 136 Å². The second-order valence-electron chi connectivity index (χ2n) is 4.97. The van der Waals surface area contributed by atoms with Crippen molar-refractivity contribution in [1.82, 2.24) is 4.90 Å². The number of carbonyl (C=O) groups excluding carboxylic acids is 2. The summed E-state index contributed by atoms with van der Waals surface area (Å²) in [6.07, 6.45) is 0. The van der Waals surface area contributed by atoms with Gasteiger partial charge in [0, 0.05) is 10.4 Å². The minimum atomic E-state index is -0.764. The molecule has 23 heavy (non-hydrogen) atoms. The Bertz CT molecular complexity index is 819. The van der Waals surface area contributed by atoms with Gasteiger partial charge in [0.15, 0.2) is 0 Å². The molecule has 5 nitrogen and oxygen atoms in total. The van der Waals surface area contributed by atoms with Gasteiger partial charge in [0.25, 0.3) is 11.7 Å². The fraction of sp³-hybridized carbons (Fsp3) is 0.118. The summed E-state index contributed by atoms with van der Waals surface area (Å²) < 4.78 is 0. The van der Waals surface area contributed by atoms with Gasteiger partial charge in [-0.3, -0.25) is 9.59 Å². The molecule has 0 saturated carbocycles. The zero-order valence-corrected chi connectivity index (χ0v) is 12.8. The number of nitriles is 1. The quantitative estimate of drug-likeness (QED) is 0.407. The summed E-state index contributed by atoms with van der Waals surface area (Å²) in [4.78, 5) is 26.6. The largest absolute Gasteiger partial charge is 0.507 e. The highest BCUT2D eigenvalue weighted by atomic mass is 32.1. The maximum Gasteiger partial charge on any atom is 0.296 e. The molecule has 2 aromatic rings. The third kappa shape index (κ3) is 2.51. The Hall–Kier alpha value is -2.91. The average Bonchev–Trinajstić information content (AvgIpc) is 3.18. The van der Waals surface area contributed by atoms with E-state index >= 15 is 0 Å². The van der Waals surface area contributed by atoms with Gasteiger partial charge in [-0.15, -0.1) is 11.3 Å². The number of carbonyl (C=O) groups is 2. The predicted molar refractivity (Wildman–Crippen MR) is 85.4 cm³/mol. The number of hydrogen-bond donors (Lipinski definition) is 1. The van der Waals surface area contributed by atoms with Crippen LogP contribution in [0.2, 0.25) is 0 Å². The van der Waals surface area contributed by atoms with E-state index in [0.717, 1.165) is 4.88 Å². The first-order valence-electron chi connectivity index (χ1n) is 6.89. The fourth-order valence-corrected chi connectivity index (χ4v) is 3.46. The molecule has 1 amide bonds.